The van der Waals surface area contributed by atoms with Crippen LogP contribution in [-0.2, 0) is 0 Å². The number of aryl methyl sites for hydroxylation is 1. The Balaban J connectivity index is 1.72. The molecule has 6 nitrogen and oxygen atoms in total. The number of tetrazole rings is 1. The van der Waals surface area contributed by atoms with Crippen molar-refractivity contribution in [2.24, 2.45) is 0 Å². The van der Waals surface area contributed by atoms with E-state index in [1.807, 2.05) is 31.2 Å². The highest BCUT2D eigenvalue weighted by atomic mass is 35.5. The van der Waals surface area contributed by atoms with E-state index < -0.39 is 0 Å². The van der Waals surface area contributed by atoms with Crippen molar-refractivity contribution in [1.29, 1.82) is 0 Å². The number of benzene rings is 2. The number of methoxy groups -OCH3 is 1. The van der Waals surface area contributed by atoms with Gasteiger partial charge in [-0.15, -0.1) is 5.10 Å². The Bertz CT molecular complexity index is 896. The summed E-state index contributed by atoms with van der Waals surface area (Å²) in [5.74, 6) is 0.678. The number of hydrogen-bond donors (Lipinski definition) is 0. The van der Waals surface area contributed by atoms with Crippen LogP contribution >= 0.6 is 23.4 Å². The van der Waals surface area contributed by atoms with Crippen LogP contribution in [0.25, 0.3) is 5.69 Å². The van der Waals surface area contributed by atoms with Gasteiger partial charge in [-0.25, -0.2) is 0 Å². The van der Waals surface area contributed by atoms with Crippen molar-refractivity contribution in [1.82, 2.24) is 20.2 Å². The predicted molar refractivity (Wildman–Crippen MR) is 96.9 cm³/mol. The van der Waals surface area contributed by atoms with Crippen molar-refractivity contribution in [3.8, 4) is 11.4 Å². The number of aromatic nitrogens is 4. The molecule has 3 rings (SSSR count). The average Bonchev–Trinajstić information content (AvgIpc) is 3.08. The first-order valence-corrected chi connectivity index (χ1v) is 8.80. The molecule has 0 spiro atoms. The van der Waals surface area contributed by atoms with Crippen LogP contribution in [-0.4, -0.2) is 38.9 Å². The van der Waals surface area contributed by atoms with Gasteiger partial charge in [0.2, 0.25) is 5.16 Å². The number of carbonyl (C=O) groups excluding carboxylic acids is 1. The predicted octanol–water partition coefficient (Wildman–Crippen LogP) is 3.61. The number of carbonyl (C=O) groups is 1. The minimum absolute atomic E-state index is 0.0620. The molecule has 0 atom stereocenters. The molecular weight excluding hydrogens is 360 g/mol. The number of nitrogens with zero attached hydrogens (tertiary/aromatic N) is 4. The van der Waals surface area contributed by atoms with E-state index in [0.717, 1.165) is 11.3 Å². The zero-order chi connectivity index (χ0) is 17.8. The van der Waals surface area contributed by atoms with Gasteiger partial charge in [-0.05, 0) is 47.7 Å². The lowest BCUT2D eigenvalue weighted by atomic mass is 10.1. The smallest absolute Gasteiger partial charge is 0.214 e. The van der Waals surface area contributed by atoms with Gasteiger partial charge >= 0.3 is 0 Å². The standard InChI is InChI=1S/C17H15ClN4O2S/c1-11-3-6-13(7-4-11)22-17(19-20-21-22)25-10-15(23)12-5-8-16(24-2)14(18)9-12/h3-9H,10H2,1-2H3. The fourth-order valence-corrected chi connectivity index (χ4v) is 3.21. The Labute approximate surface area is 154 Å². The number of hydrogen-bond acceptors (Lipinski definition) is 6. The van der Waals surface area contributed by atoms with Crippen molar-refractivity contribution < 1.29 is 9.53 Å². The molecule has 128 valence electrons. The van der Waals surface area contributed by atoms with Gasteiger partial charge in [-0.2, -0.15) is 4.68 Å². The normalized spacial score (nSPS) is 10.7. The highest BCUT2D eigenvalue weighted by molar-refractivity contribution is 7.99. The molecule has 1 heterocycles. The van der Waals surface area contributed by atoms with E-state index in [4.69, 9.17) is 16.3 Å². The number of thioether (sulfide) groups is 1. The van der Waals surface area contributed by atoms with Gasteiger partial charge in [-0.3, -0.25) is 4.79 Å². The maximum Gasteiger partial charge on any atom is 0.214 e. The summed E-state index contributed by atoms with van der Waals surface area (Å²) >= 11 is 7.35. The van der Waals surface area contributed by atoms with Gasteiger partial charge in [-0.1, -0.05) is 41.1 Å². The van der Waals surface area contributed by atoms with Gasteiger partial charge in [0.25, 0.3) is 0 Å². The molecule has 0 aliphatic carbocycles. The zero-order valence-electron chi connectivity index (χ0n) is 13.6. The van der Waals surface area contributed by atoms with Gasteiger partial charge in [0.15, 0.2) is 5.78 Å². The molecule has 0 N–H and O–H groups in total. The Morgan fingerprint density at radius 2 is 2.00 bits per heavy atom. The van der Waals surface area contributed by atoms with Crippen LogP contribution in [0.2, 0.25) is 5.02 Å². The quantitative estimate of drug-likeness (QED) is 0.485. The summed E-state index contributed by atoms with van der Waals surface area (Å²) < 4.78 is 6.70. The number of rotatable bonds is 6. The van der Waals surface area contributed by atoms with Crippen molar-refractivity contribution in [2.75, 3.05) is 12.9 Å². The largest absolute Gasteiger partial charge is 0.495 e. The number of ether oxygens (including phenoxy) is 1. The monoisotopic (exact) mass is 374 g/mol. The topological polar surface area (TPSA) is 69.9 Å². The average molecular weight is 375 g/mol. The van der Waals surface area contributed by atoms with Gasteiger partial charge in [0, 0.05) is 5.56 Å². The molecule has 3 aromatic rings. The van der Waals surface area contributed by atoms with E-state index in [1.165, 1.54) is 18.9 Å². The van der Waals surface area contributed by atoms with Crippen LogP contribution < -0.4 is 4.74 Å². The van der Waals surface area contributed by atoms with Gasteiger partial charge < -0.3 is 4.74 Å². The number of halogens is 1. The summed E-state index contributed by atoms with van der Waals surface area (Å²) in [6, 6.07) is 12.8. The summed E-state index contributed by atoms with van der Waals surface area (Å²) in [4.78, 5) is 12.4. The van der Waals surface area contributed by atoms with Gasteiger partial charge in [0.05, 0.1) is 23.6 Å². The van der Waals surface area contributed by atoms with Crippen LogP contribution in [0.3, 0.4) is 0 Å². The lowest BCUT2D eigenvalue weighted by Gasteiger charge is -2.06. The first-order chi connectivity index (χ1) is 12.1. The maximum absolute atomic E-state index is 12.4. The molecule has 0 fully saturated rings. The Hall–Kier alpha value is -2.38. The highest BCUT2D eigenvalue weighted by Crippen LogP contribution is 2.26. The van der Waals surface area contributed by atoms with Crippen molar-refractivity contribution in [2.45, 2.75) is 12.1 Å². The SMILES string of the molecule is COc1ccc(C(=O)CSc2nnnn2-c2ccc(C)cc2)cc1Cl. The van der Waals surface area contributed by atoms with Crippen molar-refractivity contribution in [3.05, 3.63) is 58.6 Å². The molecule has 25 heavy (non-hydrogen) atoms. The molecule has 2 aromatic carbocycles. The van der Waals surface area contributed by atoms with Crippen LogP contribution in [0, 0.1) is 6.92 Å². The Kier molecular flexibility index (Phi) is 5.35. The van der Waals surface area contributed by atoms with E-state index in [-0.39, 0.29) is 11.5 Å². The fraction of sp³-hybridized carbons (Fsp3) is 0.176. The summed E-state index contributed by atoms with van der Waals surface area (Å²) in [6.45, 7) is 2.01. The molecule has 0 unspecified atom stereocenters. The summed E-state index contributed by atoms with van der Waals surface area (Å²) in [7, 11) is 1.53. The van der Waals surface area contributed by atoms with E-state index in [2.05, 4.69) is 15.5 Å². The third-order valence-electron chi connectivity index (χ3n) is 3.53. The first kappa shape index (κ1) is 17.4. The lowest BCUT2D eigenvalue weighted by Crippen LogP contribution is -2.05. The van der Waals surface area contributed by atoms with Gasteiger partial charge in [0.1, 0.15) is 5.75 Å². The highest BCUT2D eigenvalue weighted by Gasteiger charge is 2.14. The minimum atomic E-state index is -0.0620. The molecule has 1 aromatic heterocycles. The molecule has 0 aliphatic heterocycles. The van der Waals surface area contributed by atoms with Crippen LogP contribution in [0.1, 0.15) is 15.9 Å². The molecule has 0 saturated carbocycles. The molecule has 8 heteroatoms. The number of Topliss-reactive ketones (excluding diaryl/α,β-unsaturated/α-hetero) is 1. The molecule has 0 amide bonds. The third-order valence-corrected chi connectivity index (χ3v) is 4.74. The van der Waals surface area contributed by atoms with E-state index >= 15 is 0 Å². The summed E-state index contributed by atoms with van der Waals surface area (Å²) in [5.41, 5.74) is 2.52. The molecule has 0 aliphatic rings. The summed E-state index contributed by atoms with van der Waals surface area (Å²) in [5, 5.41) is 12.6. The molecule has 0 saturated heterocycles. The minimum Gasteiger partial charge on any atom is -0.495 e. The summed E-state index contributed by atoms with van der Waals surface area (Å²) in [6.07, 6.45) is 0. The maximum atomic E-state index is 12.4. The second-order valence-corrected chi connectivity index (χ2v) is 6.62. The van der Waals surface area contributed by atoms with Crippen LogP contribution in [0.4, 0.5) is 0 Å². The second-order valence-electron chi connectivity index (χ2n) is 5.27. The molecule has 0 bridgehead atoms. The van der Waals surface area contributed by atoms with Crippen LogP contribution in [0.5, 0.6) is 5.75 Å². The Morgan fingerprint density at radius 1 is 1.24 bits per heavy atom. The second kappa shape index (κ2) is 7.67. The lowest BCUT2D eigenvalue weighted by molar-refractivity contribution is 0.102. The van der Waals surface area contributed by atoms with Crippen molar-refractivity contribution in [3.63, 3.8) is 0 Å². The first-order valence-electron chi connectivity index (χ1n) is 7.43. The molecular formula is C17H15ClN4O2S. The molecule has 0 radical (unpaired) electrons. The van der Waals surface area contributed by atoms with E-state index in [1.54, 1.807) is 22.9 Å². The van der Waals surface area contributed by atoms with E-state index in [9.17, 15) is 4.79 Å². The van der Waals surface area contributed by atoms with Crippen LogP contribution in [0.15, 0.2) is 47.6 Å². The fourth-order valence-electron chi connectivity index (χ4n) is 2.17. The zero-order valence-corrected chi connectivity index (χ0v) is 15.2. The third kappa shape index (κ3) is 4.00. The Morgan fingerprint density at radius 3 is 2.68 bits per heavy atom. The number of ketones is 1. The van der Waals surface area contributed by atoms with E-state index in [0.29, 0.717) is 21.5 Å². The van der Waals surface area contributed by atoms with Crippen molar-refractivity contribution >= 4 is 29.1 Å².